The summed E-state index contributed by atoms with van der Waals surface area (Å²) >= 11 is 0. The van der Waals surface area contributed by atoms with E-state index in [1.54, 1.807) is 24.3 Å². The molecular weight excluding hydrogens is 350 g/mol. The molecule has 0 saturated heterocycles. The molecule has 25 heavy (non-hydrogen) atoms. The van der Waals surface area contributed by atoms with Crippen LogP contribution in [0.3, 0.4) is 0 Å². The van der Waals surface area contributed by atoms with E-state index >= 15 is 0 Å². The Morgan fingerprint density at radius 3 is 2.32 bits per heavy atom. The first-order valence-corrected chi connectivity index (χ1v) is 9.18. The summed E-state index contributed by atoms with van der Waals surface area (Å²) in [4.78, 5) is 11.3. The van der Waals surface area contributed by atoms with Gasteiger partial charge in [0.05, 0.1) is 4.90 Å². The third kappa shape index (κ3) is 4.40. The highest BCUT2D eigenvalue weighted by Crippen LogP contribution is 2.30. The second-order valence-corrected chi connectivity index (χ2v) is 7.63. The fraction of sp³-hybridized carbons (Fsp3) is 0.235. The van der Waals surface area contributed by atoms with Crippen LogP contribution in [0.1, 0.15) is 18.4 Å². The molecule has 2 N–H and O–H groups in total. The van der Waals surface area contributed by atoms with Crippen LogP contribution in [0.4, 0.5) is 14.5 Å². The lowest BCUT2D eigenvalue weighted by atomic mass is 10.2. The molecule has 1 amide bonds. The Morgan fingerprint density at radius 2 is 1.72 bits per heavy atom. The van der Waals surface area contributed by atoms with Crippen LogP contribution in [0.25, 0.3) is 0 Å². The molecule has 0 spiro atoms. The average molecular weight is 366 g/mol. The molecule has 0 aliphatic heterocycles. The Hall–Kier alpha value is -2.32. The van der Waals surface area contributed by atoms with Gasteiger partial charge in [0.25, 0.3) is 0 Å². The van der Waals surface area contributed by atoms with Gasteiger partial charge in [0.1, 0.15) is 0 Å². The lowest BCUT2D eigenvalue weighted by Gasteiger charge is -2.09. The smallest absolute Gasteiger partial charge is 0.240 e. The fourth-order valence-electron chi connectivity index (χ4n) is 2.20. The van der Waals surface area contributed by atoms with Crippen LogP contribution in [0.5, 0.6) is 0 Å². The van der Waals surface area contributed by atoms with Gasteiger partial charge in [0.2, 0.25) is 15.9 Å². The number of carbonyl (C=O) groups is 1. The number of rotatable bonds is 6. The quantitative estimate of drug-likeness (QED) is 0.826. The largest absolute Gasteiger partial charge is 0.326 e. The van der Waals surface area contributed by atoms with Gasteiger partial charge in [-0.2, -0.15) is 0 Å². The number of nitrogens with one attached hydrogen (secondary N) is 2. The molecule has 0 heterocycles. The van der Waals surface area contributed by atoms with Gasteiger partial charge in [0.15, 0.2) is 11.6 Å². The summed E-state index contributed by atoms with van der Waals surface area (Å²) in [6, 6.07) is 9.11. The first-order chi connectivity index (χ1) is 11.8. The van der Waals surface area contributed by atoms with Crippen molar-refractivity contribution in [2.24, 2.45) is 5.92 Å². The van der Waals surface area contributed by atoms with Gasteiger partial charge in [-0.25, -0.2) is 21.9 Å². The zero-order valence-electron chi connectivity index (χ0n) is 13.1. The minimum atomic E-state index is -3.96. The van der Waals surface area contributed by atoms with E-state index in [1.807, 2.05) is 0 Å². The zero-order valence-corrected chi connectivity index (χ0v) is 13.9. The number of amides is 1. The van der Waals surface area contributed by atoms with Crippen molar-refractivity contribution in [3.63, 3.8) is 0 Å². The normalized spacial score (nSPS) is 14.3. The molecule has 2 aromatic rings. The Balaban J connectivity index is 1.62. The molecule has 0 bridgehead atoms. The van der Waals surface area contributed by atoms with Crippen molar-refractivity contribution in [1.29, 1.82) is 0 Å². The van der Waals surface area contributed by atoms with Crippen molar-refractivity contribution in [2.75, 3.05) is 5.32 Å². The molecule has 1 saturated carbocycles. The van der Waals surface area contributed by atoms with Gasteiger partial charge in [-0.15, -0.1) is 0 Å². The third-order valence-corrected chi connectivity index (χ3v) is 5.24. The monoisotopic (exact) mass is 366 g/mol. The van der Waals surface area contributed by atoms with Crippen LogP contribution in [-0.2, 0) is 21.4 Å². The molecule has 2 aromatic carbocycles. The summed E-state index contributed by atoms with van der Waals surface area (Å²) in [7, 11) is -3.96. The minimum Gasteiger partial charge on any atom is -0.326 e. The maximum absolute atomic E-state index is 13.2. The highest BCUT2D eigenvalue weighted by Gasteiger charge is 2.29. The number of sulfonamides is 1. The Bertz CT molecular complexity index is 895. The molecule has 1 aliphatic carbocycles. The van der Waals surface area contributed by atoms with Crippen LogP contribution < -0.4 is 10.0 Å². The highest BCUT2D eigenvalue weighted by molar-refractivity contribution is 7.89. The molecule has 0 aromatic heterocycles. The van der Waals surface area contributed by atoms with Gasteiger partial charge in [-0.05, 0) is 48.7 Å². The SMILES string of the molecule is O=C(Nc1ccc(CNS(=O)(=O)c2ccc(F)c(F)c2)cc1)C1CC1. The second-order valence-electron chi connectivity index (χ2n) is 5.86. The molecule has 1 fully saturated rings. The minimum absolute atomic E-state index is 0.00760. The first-order valence-electron chi connectivity index (χ1n) is 7.70. The molecule has 5 nitrogen and oxygen atoms in total. The van der Waals surface area contributed by atoms with Crippen molar-refractivity contribution in [2.45, 2.75) is 24.3 Å². The summed E-state index contributed by atoms with van der Waals surface area (Å²) in [5.41, 5.74) is 1.31. The van der Waals surface area contributed by atoms with E-state index in [9.17, 15) is 22.0 Å². The van der Waals surface area contributed by atoms with Gasteiger partial charge in [-0.3, -0.25) is 4.79 Å². The number of hydrogen-bond acceptors (Lipinski definition) is 3. The third-order valence-electron chi connectivity index (χ3n) is 3.84. The van der Waals surface area contributed by atoms with Crippen LogP contribution in [0, 0.1) is 17.6 Å². The van der Waals surface area contributed by atoms with Crippen LogP contribution in [-0.4, -0.2) is 14.3 Å². The lowest BCUT2D eigenvalue weighted by molar-refractivity contribution is -0.117. The first kappa shape index (κ1) is 17.5. The number of carbonyl (C=O) groups excluding carboxylic acids is 1. The standard InChI is InChI=1S/C17H16F2N2O3S/c18-15-8-7-14(9-16(15)19)25(23,24)20-10-11-1-5-13(6-2-11)21-17(22)12-3-4-12/h1-2,5-9,12,20H,3-4,10H2,(H,21,22). The number of benzene rings is 2. The van der Waals surface area contributed by atoms with Crippen LogP contribution in [0.15, 0.2) is 47.4 Å². The molecule has 0 radical (unpaired) electrons. The van der Waals surface area contributed by atoms with Crippen LogP contribution >= 0.6 is 0 Å². The second kappa shape index (κ2) is 6.89. The van der Waals surface area contributed by atoms with E-state index in [0.29, 0.717) is 17.3 Å². The van der Waals surface area contributed by atoms with Gasteiger partial charge in [-0.1, -0.05) is 12.1 Å². The van der Waals surface area contributed by atoms with Gasteiger partial charge in [0, 0.05) is 18.2 Å². The molecule has 132 valence electrons. The van der Waals surface area contributed by atoms with Gasteiger partial charge < -0.3 is 5.32 Å². The van der Waals surface area contributed by atoms with E-state index < -0.39 is 21.7 Å². The number of anilines is 1. The van der Waals surface area contributed by atoms with Crippen molar-refractivity contribution in [3.8, 4) is 0 Å². The lowest BCUT2D eigenvalue weighted by Crippen LogP contribution is -2.23. The molecule has 0 unspecified atom stereocenters. The van der Waals surface area contributed by atoms with Gasteiger partial charge >= 0.3 is 0 Å². The summed E-state index contributed by atoms with van der Waals surface area (Å²) in [5, 5.41) is 2.79. The predicted molar refractivity (Wildman–Crippen MR) is 88.2 cm³/mol. The Morgan fingerprint density at radius 1 is 1.04 bits per heavy atom. The van der Waals surface area contributed by atoms with Crippen molar-refractivity contribution >= 4 is 21.6 Å². The molecule has 1 aliphatic rings. The van der Waals surface area contributed by atoms with E-state index in [1.165, 1.54) is 0 Å². The van der Waals surface area contributed by atoms with Crippen LogP contribution in [0.2, 0.25) is 0 Å². The maximum Gasteiger partial charge on any atom is 0.240 e. The topological polar surface area (TPSA) is 75.3 Å². The van der Waals surface area contributed by atoms with Crippen molar-refractivity contribution in [1.82, 2.24) is 4.72 Å². The molecule has 3 rings (SSSR count). The average Bonchev–Trinajstić information content (AvgIpc) is 3.42. The maximum atomic E-state index is 13.2. The summed E-state index contributed by atoms with van der Waals surface area (Å²) in [5.74, 6) is -2.24. The Labute approximate surface area is 144 Å². The number of hydrogen-bond donors (Lipinski definition) is 2. The van der Waals surface area contributed by atoms with E-state index in [-0.39, 0.29) is 23.3 Å². The summed E-state index contributed by atoms with van der Waals surface area (Å²) in [6.45, 7) is -0.0157. The van der Waals surface area contributed by atoms with E-state index in [0.717, 1.165) is 25.0 Å². The highest BCUT2D eigenvalue weighted by atomic mass is 32.2. The predicted octanol–water partition coefficient (Wildman–Crippen LogP) is 2.79. The molecule has 0 atom stereocenters. The molecule has 8 heteroatoms. The van der Waals surface area contributed by atoms with Crippen molar-refractivity contribution < 1.29 is 22.0 Å². The van der Waals surface area contributed by atoms with Crippen molar-refractivity contribution in [3.05, 3.63) is 59.7 Å². The molecular formula is C17H16F2N2O3S. The number of halogens is 2. The zero-order chi connectivity index (χ0) is 18.0. The van der Waals surface area contributed by atoms with E-state index in [4.69, 9.17) is 0 Å². The Kier molecular flexibility index (Phi) is 4.82. The summed E-state index contributed by atoms with van der Waals surface area (Å²) in [6.07, 6.45) is 1.82. The summed E-state index contributed by atoms with van der Waals surface area (Å²) < 4.78 is 52.6. The van der Waals surface area contributed by atoms with E-state index in [2.05, 4.69) is 10.0 Å². The fourth-order valence-corrected chi connectivity index (χ4v) is 3.23.